The fourth-order valence-corrected chi connectivity index (χ4v) is 1.75. The Morgan fingerprint density at radius 3 is 2.57 bits per heavy atom. The van der Waals surface area contributed by atoms with Crippen LogP contribution in [0, 0.1) is 0 Å². The van der Waals surface area contributed by atoms with Crippen LogP contribution >= 0.6 is 0 Å². The Morgan fingerprint density at radius 1 is 1.24 bits per heavy atom. The molecule has 0 aliphatic carbocycles. The maximum absolute atomic E-state index is 11.8. The van der Waals surface area contributed by atoms with Gasteiger partial charge in [0.2, 0.25) is 0 Å². The topological polar surface area (TPSA) is 136 Å². The van der Waals surface area contributed by atoms with Gasteiger partial charge in [0, 0.05) is 12.6 Å². The van der Waals surface area contributed by atoms with E-state index in [2.05, 4.69) is 15.5 Å². The third-order valence-corrected chi connectivity index (χ3v) is 2.83. The molecule has 2 aromatic rings. The Kier molecular flexibility index (Phi) is 4.07. The molecule has 0 saturated carbocycles. The summed E-state index contributed by atoms with van der Waals surface area (Å²) in [6.07, 6.45) is 1.34. The van der Waals surface area contributed by atoms with Crippen molar-refractivity contribution in [3.05, 3.63) is 41.7 Å². The van der Waals surface area contributed by atoms with Gasteiger partial charge in [-0.2, -0.15) is 5.10 Å². The molecule has 0 aliphatic heterocycles. The van der Waals surface area contributed by atoms with E-state index < -0.39 is 17.9 Å². The van der Waals surface area contributed by atoms with Crippen molar-refractivity contribution >= 4 is 11.9 Å². The van der Waals surface area contributed by atoms with Gasteiger partial charge in [-0.15, -0.1) is 0 Å². The van der Waals surface area contributed by atoms with Crippen molar-refractivity contribution in [2.24, 2.45) is 0 Å². The highest BCUT2D eigenvalue weighted by atomic mass is 16.4. The zero-order valence-corrected chi connectivity index (χ0v) is 10.8. The number of phenols is 2. The van der Waals surface area contributed by atoms with E-state index in [9.17, 15) is 19.8 Å². The summed E-state index contributed by atoms with van der Waals surface area (Å²) in [5.74, 6) is -2.46. The lowest BCUT2D eigenvalue weighted by atomic mass is 10.1. The number of aromatic hydroxyl groups is 2. The Labute approximate surface area is 119 Å². The number of aromatic amines is 1. The Balaban J connectivity index is 2.10. The molecule has 5 N–H and O–H groups in total. The summed E-state index contributed by atoms with van der Waals surface area (Å²) in [4.78, 5) is 23.0. The highest BCUT2D eigenvalue weighted by Crippen LogP contribution is 2.25. The van der Waals surface area contributed by atoms with Crippen molar-refractivity contribution in [2.75, 3.05) is 0 Å². The molecule has 0 spiro atoms. The van der Waals surface area contributed by atoms with Gasteiger partial charge in [0.05, 0.1) is 0 Å². The minimum Gasteiger partial charge on any atom is -0.504 e. The zero-order valence-electron chi connectivity index (χ0n) is 10.8. The van der Waals surface area contributed by atoms with Gasteiger partial charge < -0.3 is 20.6 Å². The van der Waals surface area contributed by atoms with Gasteiger partial charge in [-0.3, -0.25) is 9.89 Å². The molecule has 1 unspecified atom stereocenters. The summed E-state index contributed by atoms with van der Waals surface area (Å²) in [6.45, 7) is 0. The maximum Gasteiger partial charge on any atom is 0.326 e. The summed E-state index contributed by atoms with van der Waals surface area (Å²) in [5, 5.41) is 36.1. The predicted molar refractivity (Wildman–Crippen MR) is 71.0 cm³/mol. The third kappa shape index (κ3) is 3.50. The van der Waals surface area contributed by atoms with E-state index in [1.807, 2.05) is 0 Å². The molecule has 0 saturated heterocycles. The summed E-state index contributed by atoms with van der Waals surface area (Å²) in [7, 11) is 0. The average Bonchev–Trinajstić information content (AvgIpc) is 2.96. The van der Waals surface area contributed by atoms with Gasteiger partial charge in [0.15, 0.2) is 11.5 Å². The minimum atomic E-state index is -1.21. The molecule has 1 amide bonds. The van der Waals surface area contributed by atoms with Crippen LogP contribution in [0.4, 0.5) is 0 Å². The van der Waals surface area contributed by atoms with Crippen LogP contribution in [0.15, 0.2) is 30.5 Å². The number of hydrogen-bond donors (Lipinski definition) is 5. The van der Waals surface area contributed by atoms with E-state index >= 15 is 0 Å². The van der Waals surface area contributed by atoms with Crippen molar-refractivity contribution in [1.82, 2.24) is 15.5 Å². The summed E-state index contributed by atoms with van der Waals surface area (Å²) in [6, 6.07) is 4.20. The van der Waals surface area contributed by atoms with Crippen LogP contribution in [-0.4, -0.2) is 43.4 Å². The molecule has 0 aliphatic rings. The zero-order chi connectivity index (χ0) is 15.4. The summed E-state index contributed by atoms with van der Waals surface area (Å²) >= 11 is 0. The molecular formula is C13H13N3O5. The molecule has 2 rings (SSSR count). The van der Waals surface area contributed by atoms with E-state index in [1.165, 1.54) is 30.5 Å². The van der Waals surface area contributed by atoms with E-state index in [1.54, 1.807) is 0 Å². The Hall–Kier alpha value is -3.03. The monoisotopic (exact) mass is 291 g/mol. The molecule has 110 valence electrons. The lowest BCUT2D eigenvalue weighted by Gasteiger charge is -2.14. The lowest BCUT2D eigenvalue weighted by Crippen LogP contribution is -2.42. The number of rotatable bonds is 5. The number of nitrogens with one attached hydrogen (secondary N) is 2. The molecule has 21 heavy (non-hydrogen) atoms. The lowest BCUT2D eigenvalue weighted by molar-refractivity contribution is -0.139. The number of H-pyrrole nitrogens is 1. The van der Waals surface area contributed by atoms with Crippen molar-refractivity contribution in [1.29, 1.82) is 0 Å². The third-order valence-electron chi connectivity index (χ3n) is 2.83. The fraction of sp³-hybridized carbons (Fsp3) is 0.154. The smallest absolute Gasteiger partial charge is 0.326 e. The van der Waals surface area contributed by atoms with Gasteiger partial charge in [-0.1, -0.05) is 6.07 Å². The highest BCUT2D eigenvalue weighted by Gasteiger charge is 2.22. The quantitative estimate of drug-likeness (QED) is 0.501. The molecule has 1 heterocycles. The largest absolute Gasteiger partial charge is 0.504 e. The number of carbonyl (C=O) groups is 2. The van der Waals surface area contributed by atoms with Crippen LogP contribution in [0.2, 0.25) is 0 Å². The van der Waals surface area contributed by atoms with Gasteiger partial charge in [0.25, 0.3) is 5.91 Å². The molecule has 1 aromatic heterocycles. The molecule has 0 radical (unpaired) electrons. The number of benzene rings is 1. The summed E-state index contributed by atoms with van der Waals surface area (Å²) in [5.41, 5.74) is 0.609. The number of amides is 1. The number of hydrogen-bond acceptors (Lipinski definition) is 5. The SMILES string of the molecule is O=C(NC(Cc1ccc(O)c(O)c1)C(=O)O)c1ccn[nH]1. The number of carboxylic acids is 1. The maximum atomic E-state index is 11.8. The van der Waals surface area contributed by atoms with Crippen LogP contribution < -0.4 is 5.32 Å². The molecule has 8 heteroatoms. The van der Waals surface area contributed by atoms with E-state index in [-0.39, 0.29) is 23.6 Å². The first kappa shape index (κ1) is 14.4. The van der Waals surface area contributed by atoms with Gasteiger partial charge >= 0.3 is 5.97 Å². The molecule has 0 bridgehead atoms. The van der Waals surface area contributed by atoms with Crippen molar-refractivity contribution in [3.63, 3.8) is 0 Å². The second-order valence-electron chi connectivity index (χ2n) is 4.36. The van der Waals surface area contributed by atoms with Crippen LogP contribution in [0.3, 0.4) is 0 Å². The van der Waals surface area contributed by atoms with Gasteiger partial charge in [-0.05, 0) is 23.8 Å². The van der Waals surface area contributed by atoms with E-state index in [0.29, 0.717) is 5.56 Å². The van der Waals surface area contributed by atoms with E-state index in [0.717, 1.165) is 0 Å². The van der Waals surface area contributed by atoms with Crippen molar-refractivity contribution in [2.45, 2.75) is 12.5 Å². The average molecular weight is 291 g/mol. The standard InChI is InChI=1S/C13H13N3O5/c17-10-2-1-7(6-11(10)18)5-9(13(20)21)15-12(19)8-3-4-14-16-8/h1-4,6,9,17-18H,5H2,(H,14,16)(H,15,19)(H,20,21). The second-order valence-corrected chi connectivity index (χ2v) is 4.36. The summed E-state index contributed by atoms with van der Waals surface area (Å²) < 4.78 is 0. The van der Waals surface area contributed by atoms with Crippen LogP contribution in [-0.2, 0) is 11.2 Å². The molecule has 0 fully saturated rings. The second kappa shape index (κ2) is 5.95. The van der Waals surface area contributed by atoms with E-state index in [4.69, 9.17) is 5.11 Å². The molecule has 1 aromatic carbocycles. The first-order valence-electron chi connectivity index (χ1n) is 6.01. The predicted octanol–water partition coefficient (Wildman–Crippen LogP) is 0.247. The highest BCUT2D eigenvalue weighted by molar-refractivity contribution is 5.94. The number of aliphatic carboxylic acids is 1. The minimum absolute atomic E-state index is 0.0386. The molecular weight excluding hydrogens is 278 g/mol. The number of carboxylic acid groups (broad SMARTS) is 1. The van der Waals surface area contributed by atoms with Crippen LogP contribution in [0.25, 0.3) is 0 Å². The Morgan fingerprint density at radius 2 is 2.00 bits per heavy atom. The molecule has 1 atom stereocenters. The number of phenolic OH excluding ortho intramolecular Hbond substituents is 2. The van der Waals surface area contributed by atoms with Crippen molar-refractivity contribution < 1.29 is 24.9 Å². The Bertz CT molecular complexity index is 654. The normalized spacial score (nSPS) is 11.8. The first-order valence-corrected chi connectivity index (χ1v) is 6.01. The van der Waals surface area contributed by atoms with Crippen LogP contribution in [0.1, 0.15) is 16.1 Å². The molecule has 8 nitrogen and oxygen atoms in total. The van der Waals surface area contributed by atoms with Crippen molar-refractivity contribution in [3.8, 4) is 11.5 Å². The number of carbonyl (C=O) groups excluding carboxylic acids is 1. The van der Waals surface area contributed by atoms with Crippen LogP contribution in [0.5, 0.6) is 11.5 Å². The van der Waals surface area contributed by atoms with Gasteiger partial charge in [0.1, 0.15) is 11.7 Å². The number of aromatic nitrogens is 2. The number of nitrogens with zero attached hydrogens (tertiary/aromatic N) is 1. The first-order chi connectivity index (χ1) is 9.97. The fourth-order valence-electron chi connectivity index (χ4n) is 1.75. The van der Waals surface area contributed by atoms with Gasteiger partial charge in [-0.25, -0.2) is 4.79 Å².